The normalized spacial score (nSPS) is 13.8. The van der Waals surface area contributed by atoms with Gasteiger partial charge in [0.25, 0.3) is 0 Å². The van der Waals surface area contributed by atoms with E-state index < -0.39 is 25.7 Å². The summed E-state index contributed by atoms with van der Waals surface area (Å²) >= 11 is 0. The molecule has 0 rings (SSSR count). The number of hydrogen-bond donors (Lipinski definition) is 2. The van der Waals surface area contributed by atoms with E-state index in [-0.39, 0.29) is 11.9 Å². The fourth-order valence-electron chi connectivity index (χ4n) is 14.5. The van der Waals surface area contributed by atoms with Crippen LogP contribution in [0, 0.1) is 0 Å². The molecule has 0 spiro atoms. The predicted molar refractivity (Wildman–Crippen MR) is 410 cm³/mol. The molecule has 0 amide bonds. The third-order valence-corrected chi connectivity index (χ3v) is 35.9. The van der Waals surface area contributed by atoms with Gasteiger partial charge >= 0.3 is 565 Å². The van der Waals surface area contributed by atoms with Crippen LogP contribution in [-0.2, 0) is 18.6 Å². The Balaban J connectivity index is 7.03. The molecular formula is C78H162N2O4P2S2. The van der Waals surface area contributed by atoms with Crippen LogP contribution >= 0.6 is 35.2 Å². The van der Waals surface area contributed by atoms with Crippen LogP contribution in [0.25, 0.3) is 0 Å². The second kappa shape index (κ2) is 62.2. The fourth-order valence-corrected chi connectivity index (χ4v) is 29.6. The van der Waals surface area contributed by atoms with Crippen LogP contribution < -0.4 is 11.5 Å². The summed E-state index contributed by atoms with van der Waals surface area (Å²) in [7, 11) is 3.26. The molecule has 0 unspecified atom stereocenters. The van der Waals surface area contributed by atoms with Crippen molar-refractivity contribution in [2.24, 2.45) is 11.5 Å². The third kappa shape index (κ3) is 47.3. The molecule has 0 heterocycles. The Kier molecular flexibility index (Phi) is 62.5. The van der Waals surface area contributed by atoms with E-state index >= 15 is 9.59 Å². The van der Waals surface area contributed by atoms with Crippen molar-refractivity contribution in [3.05, 3.63) is 0 Å². The standard InChI is InChI=1S/C78H162N2O4P2S2/c1-9-17-25-33-41-49-57-65-85(66-58-50-42-34-26-18-10-2,67-59-51-43-35-27-19-11-3,68-60-52-44-36-28-20-12-4)83-77(81)75(79)73-87-88-74-76(80)78(82)84-86(69-61-53-45-37-29-21-13-5,70-62-54-46-38-30-22-14-6,71-63-55-47-39-31-23-15-7)72-64-56-48-40-32-24-16-8/h75-76H,9-74,79-80H2,1-8H3/t75-,76-/m1/s1. The van der Waals surface area contributed by atoms with E-state index in [1.165, 1.54) is 360 Å². The van der Waals surface area contributed by atoms with Gasteiger partial charge in [0.05, 0.1) is 0 Å². The number of hydrogen-bond acceptors (Lipinski definition) is 8. The first-order valence-corrected chi connectivity index (χ1v) is 48.5. The molecular weight excluding hydrogens is 1150 g/mol. The molecule has 88 heavy (non-hydrogen) atoms. The summed E-state index contributed by atoms with van der Waals surface area (Å²) in [6.07, 6.45) is 80.5. The quantitative estimate of drug-likeness (QED) is 0.0353. The molecule has 0 saturated heterocycles. The third-order valence-electron chi connectivity index (χ3n) is 20.5. The minimum atomic E-state index is -3.01. The first-order chi connectivity index (χ1) is 42.9. The topological polar surface area (TPSA) is 105 Å². The average Bonchev–Trinajstić information content (AvgIpc) is 1.71. The Morgan fingerprint density at radius 1 is 0.239 bits per heavy atom. The summed E-state index contributed by atoms with van der Waals surface area (Å²) in [6, 6.07) is -1.41. The average molecular weight is 1320 g/mol. The van der Waals surface area contributed by atoms with E-state index in [9.17, 15) is 0 Å². The van der Waals surface area contributed by atoms with Gasteiger partial charge in [0.1, 0.15) is 0 Å². The van der Waals surface area contributed by atoms with Gasteiger partial charge in [-0.2, -0.15) is 0 Å². The van der Waals surface area contributed by atoms with Gasteiger partial charge in [-0.25, -0.2) is 0 Å². The predicted octanol–water partition coefficient (Wildman–Crippen LogP) is 27.1. The van der Waals surface area contributed by atoms with Crippen LogP contribution in [0.2, 0.25) is 0 Å². The van der Waals surface area contributed by atoms with Crippen molar-refractivity contribution in [2.75, 3.05) is 60.8 Å². The van der Waals surface area contributed by atoms with E-state index in [1.807, 2.05) is 0 Å². The van der Waals surface area contributed by atoms with Crippen LogP contribution in [-0.4, -0.2) is 84.8 Å². The number of carbonyl (C=O) groups excluding carboxylic acids is 2. The summed E-state index contributed by atoms with van der Waals surface area (Å²) in [5.74, 6) is 0.646. The van der Waals surface area contributed by atoms with Crippen molar-refractivity contribution in [2.45, 2.75) is 427 Å². The van der Waals surface area contributed by atoms with Gasteiger partial charge in [-0.05, 0) is 0 Å². The molecule has 530 valence electrons. The molecule has 0 saturated carbocycles. The van der Waals surface area contributed by atoms with Gasteiger partial charge in [0.15, 0.2) is 0 Å². The number of unbranched alkanes of at least 4 members (excludes halogenated alkanes) is 48. The molecule has 10 heteroatoms. The monoisotopic (exact) mass is 1320 g/mol. The molecule has 0 bridgehead atoms. The molecule has 0 aromatic carbocycles. The maximum absolute atomic E-state index is 15.1. The van der Waals surface area contributed by atoms with Crippen LogP contribution in [0.5, 0.6) is 0 Å². The summed E-state index contributed by atoms with van der Waals surface area (Å²) in [5, 5.41) is 0. The second-order valence-electron chi connectivity index (χ2n) is 29.1. The minimum absolute atomic E-state index is 0.143. The fraction of sp³-hybridized carbons (Fsp3) is 0.974. The molecule has 2 atom stereocenters. The molecule has 0 aliphatic carbocycles. The number of carbonyl (C=O) groups is 2. The van der Waals surface area contributed by atoms with Crippen molar-refractivity contribution < 1.29 is 18.6 Å². The Morgan fingerprint density at radius 3 is 0.500 bits per heavy atom. The van der Waals surface area contributed by atoms with E-state index in [0.29, 0.717) is 11.5 Å². The Hall–Kier alpha value is 0.420. The van der Waals surface area contributed by atoms with Crippen molar-refractivity contribution in [3.8, 4) is 0 Å². The van der Waals surface area contributed by atoms with Gasteiger partial charge in [-0.3, -0.25) is 0 Å². The SMILES string of the molecule is CCCCCCCCCP(CCCCCCCCC)(CCCCCCCCC)(CCCCCCCCC)OC(=O)[C@H](N)CSSC[C@@H](N)C(=O)OP(CCCCCCCCC)(CCCCCCCCC)(CCCCCCCCC)CCCCCCCCC. The molecule has 4 N–H and O–H groups in total. The van der Waals surface area contributed by atoms with Gasteiger partial charge < -0.3 is 0 Å². The van der Waals surface area contributed by atoms with E-state index in [0.717, 1.165) is 49.3 Å². The number of nitrogens with two attached hydrogens (primary N) is 2. The Bertz CT molecular complexity index is 1230. The van der Waals surface area contributed by atoms with Gasteiger partial charge in [-0.15, -0.1) is 0 Å². The van der Waals surface area contributed by atoms with E-state index in [1.54, 1.807) is 21.6 Å². The van der Waals surface area contributed by atoms with Crippen molar-refractivity contribution in [3.63, 3.8) is 0 Å². The Labute approximate surface area is 561 Å². The zero-order valence-electron chi connectivity index (χ0n) is 61.3. The maximum atomic E-state index is 15.1. The van der Waals surface area contributed by atoms with Crippen LogP contribution in [0.1, 0.15) is 415 Å². The summed E-state index contributed by atoms with van der Waals surface area (Å²) in [4.78, 5) is 30.2. The van der Waals surface area contributed by atoms with Gasteiger partial charge in [-0.1, -0.05) is 0 Å². The first kappa shape index (κ1) is 88.4. The molecule has 0 aromatic heterocycles. The first-order valence-electron chi connectivity index (χ1n) is 40.2. The molecule has 0 aliphatic rings. The zero-order chi connectivity index (χ0) is 64.7. The van der Waals surface area contributed by atoms with E-state index in [4.69, 9.17) is 20.5 Å². The van der Waals surface area contributed by atoms with E-state index in [2.05, 4.69) is 55.4 Å². The van der Waals surface area contributed by atoms with Crippen LogP contribution in [0.4, 0.5) is 0 Å². The molecule has 0 radical (unpaired) electrons. The Morgan fingerprint density at radius 2 is 0.364 bits per heavy atom. The number of rotatable bonds is 73. The second-order valence-corrected chi connectivity index (χ2v) is 43.0. The summed E-state index contributed by atoms with van der Waals surface area (Å²) in [6.45, 7) is 12.5. The summed E-state index contributed by atoms with van der Waals surface area (Å²) in [5.41, 5.74) is 14.2. The summed E-state index contributed by atoms with van der Waals surface area (Å²) < 4.78 is 15.1. The molecule has 0 aromatic rings. The van der Waals surface area contributed by atoms with Crippen molar-refractivity contribution in [1.29, 1.82) is 0 Å². The molecule has 0 fully saturated rings. The van der Waals surface area contributed by atoms with Gasteiger partial charge in [0, 0.05) is 0 Å². The van der Waals surface area contributed by atoms with Crippen molar-refractivity contribution in [1.82, 2.24) is 0 Å². The van der Waals surface area contributed by atoms with Crippen LogP contribution in [0.3, 0.4) is 0 Å². The van der Waals surface area contributed by atoms with Crippen LogP contribution in [0.15, 0.2) is 0 Å². The van der Waals surface area contributed by atoms with Gasteiger partial charge in [0.2, 0.25) is 0 Å². The zero-order valence-corrected chi connectivity index (χ0v) is 64.7. The van der Waals surface area contributed by atoms with Crippen molar-refractivity contribution >= 4 is 47.2 Å². The molecule has 6 nitrogen and oxygen atoms in total. The molecule has 0 aliphatic heterocycles.